The van der Waals surface area contributed by atoms with Gasteiger partial charge in [-0.25, -0.2) is 0 Å². The number of nitrogens with one attached hydrogen (secondary N) is 2. The van der Waals surface area contributed by atoms with Crippen LogP contribution in [0.4, 0.5) is 0 Å². The van der Waals surface area contributed by atoms with Gasteiger partial charge >= 0.3 is 0 Å². The molecule has 4 heteroatoms. The molecule has 0 amide bonds. The lowest BCUT2D eigenvalue weighted by Crippen LogP contribution is -2.43. The van der Waals surface area contributed by atoms with Gasteiger partial charge in [0.05, 0.1) is 11.9 Å². The SMILES string of the molecule is CC(C)CN1CCC(NCc2cn[nH]c2-c2ccccc2)CC1. The van der Waals surface area contributed by atoms with E-state index in [0.29, 0.717) is 6.04 Å². The van der Waals surface area contributed by atoms with Crippen molar-refractivity contribution in [3.05, 3.63) is 42.1 Å². The fraction of sp³-hybridized carbons (Fsp3) is 0.526. The van der Waals surface area contributed by atoms with Crippen LogP contribution in [-0.4, -0.2) is 40.8 Å². The zero-order valence-corrected chi connectivity index (χ0v) is 14.3. The first kappa shape index (κ1) is 16.2. The lowest BCUT2D eigenvalue weighted by molar-refractivity contribution is 0.179. The smallest absolute Gasteiger partial charge is 0.0695 e. The van der Waals surface area contributed by atoms with Crippen LogP contribution in [0.2, 0.25) is 0 Å². The second kappa shape index (κ2) is 7.75. The van der Waals surface area contributed by atoms with Crippen molar-refractivity contribution in [1.29, 1.82) is 0 Å². The molecule has 1 aromatic carbocycles. The van der Waals surface area contributed by atoms with Gasteiger partial charge in [-0.1, -0.05) is 44.2 Å². The number of likely N-dealkylation sites (tertiary alicyclic amines) is 1. The molecule has 3 rings (SSSR count). The molecule has 0 radical (unpaired) electrons. The number of benzene rings is 1. The number of aromatic amines is 1. The third-order valence-corrected chi connectivity index (χ3v) is 4.57. The first-order chi connectivity index (χ1) is 11.2. The summed E-state index contributed by atoms with van der Waals surface area (Å²) in [5.74, 6) is 0.763. The Bertz CT molecular complexity index is 582. The molecule has 1 aliphatic rings. The second-order valence-corrected chi connectivity index (χ2v) is 6.99. The summed E-state index contributed by atoms with van der Waals surface area (Å²) in [5, 5.41) is 11.1. The molecule has 0 spiro atoms. The van der Waals surface area contributed by atoms with Crippen LogP contribution in [-0.2, 0) is 6.54 Å². The quantitative estimate of drug-likeness (QED) is 0.860. The van der Waals surface area contributed by atoms with Gasteiger partial charge in [0.25, 0.3) is 0 Å². The maximum atomic E-state index is 4.23. The van der Waals surface area contributed by atoms with Gasteiger partial charge in [-0.05, 0) is 37.4 Å². The van der Waals surface area contributed by atoms with Gasteiger partial charge in [-0.15, -0.1) is 0 Å². The van der Waals surface area contributed by atoms with Crippen molar-refractivity contribution in [1.82, 2.24) is 20.4 Å². The summed E-state index contributed by atoms with van der Waals surface area (Å²) in [6.07, 6.45) is 4.43. The summed E-state index contributed by atoms with van der Waals surface area (Å²) in [6, 6.07) is 11.1. The van der Waals surface area contributed by atoms with E-state index in [9.17, 15) is 0 Å². The fourth-order valence-electron chi connectivity index (χ4n) is 3.39. The average Bonchev–Trinajstić information content (AvgIpc) is 3.03. The monoisotopic (exact) mass is 312 g/mol. The van der Waals surface area contributed by atoms with Crippen molar-refractivity contribution in [3.8, 4) is 11.3 Å². The Hall–Kier alpha value is -1.65. The summed E-state index contributed by atoms with van der Waals surface area (Å²) in [6.45, 7) is 9.14. The Balaban J connectivity index is 1.52. The van der Waals surface area contributed by atoms with Crippen LogP contribution >= 0.6 is 0 Å². The number of H-pyrrole nitrogens is 1. The van der Waals surface area contributed by atoms with Crippen LogP contribution in [0.1, 0.15) is 32.3 Å². The number of piperidine rings is 1. The van der Waals surface area contributed by atoms with E-state index in [4.69, 9.17) is 0 Å². The normalized spacial score (nSPS) is 17.0. The molecular formula is C19H28N4. The lowest BCUT2D eigenvalue weighted by atomic mass is 10.0. The number of hydrogen-bond acceptors (Lipinski definition) is 3. The van der Waals surface area contributed by atoms with E-state index in [0.717, 1.165) is 18.2 Å². The molecule has 23 heavy (non-hydrogen) atoms. The van der Waals surface area contributed by atoms with Crippen LogP contribution in [0.25, 0.3) is 11.3 Å². The summed E-state index contributed by atoms with van der Waals surface area (Å²) in [7, 11) is 0. The predicted octanol–water partition coefficient (Wildman–Crippen LogP) is 3.29. The molecule has 0 atom stereocenters. The highest BCUT2D eigenvalue weighted by Gasteiger charge is 2.19. The molecule has 0 aliphatic carbocycles. The van der Waals surface area contributed by atoms with Crippen LogP contribution < -0.4 is 5.32 Å². The van der Waals surface area contributed by atoms with Gasteiger partial charge < -0.3 is 10.2 Å². The van der Waals surface area contributed by atoms with Crippen molar-refractivity contribution in [2.45, 2.75) is 39.3 Å². The summed E-state index contributed by atoms with van der Waals surface area (Å²) >= 11 is 0. The summed E-state index contributed by atoms with van der Waals surface area (Å²) < 4.78 is 0. The maximum Gasteiger partial charge on any atom is 0.0695 e. The minimum absolute atomic E-state index is 0.622. The number of rotatable bonds is 6. The topological polar surface area (TPSA) is 44.0 Å². The van der Waals surface area contributed by atoms with Gasteiger partial charge in [0, 0.05) is 24.7 Å². The number of aromatic nitrogens is 2. The average molecular weight is 312 g/mol. The summed E-state index contributed by atoms with van der Waals surface area (Å²) in [4.78, 5) is 2.59. The second-order valence-electron chi connectivity index (χ2n) is 6.99. The molecule has 2 aromatic rings. The Morgan fingerprint density at radius 1 is 1.22 bits per heavy atom. The highest BCUT2D eigenvalue weighted by Crippen LogP contribution is 2.21. The van der Waals surface area contributed by atoms with E-state index in [1.807, 2.05) is 12.3 Å². The van der Waals surface area contributed by atoms with Crippen LogP contribution in [0.15, 0.2) is 36.5 Å². The number of nitrogens with zero attached hydrogens (tertiary/aromatic N) is 2. The Morgan fingerprint density at radius 2 is 1.96 bits per heavy atom. The van der Waals surface area contributed by atoms with E-state index in [1.165, 1.54) is 43.6 Å². The molecule has 0 bridgehead atoms. The third-order valence-electron chi connectivity index (χ3n) is 4.57. The zero-order valence-electron chi connectivity index (χ0n) is 14.3. The molecule has 1 fully saturated rings. The maximum absolute atomic E-state index is 4.23. The van der Waals surface area contributed by atoms with Gasteiger partial charge in [0.15, 0.2) is 0 Å². The highest BCUT2D eigenvalue weighted by molar-refractivity contribution is 5.62. The molecule has 2 heterocycles. The Kier molecular flexibility index (Phi) is 5.47. The zero-order chi connectivity index (χ0) is 16.1. The van der Waals surface area contributed by atoms with Gasteiger partial charge in [0.1, 0.15) is 0 Å². The van der Waals surface area contributed by atoms with Crippen molar-refractivity contribution in [2.75, 3.05) is 19.6 Å². The van der Waals surface area contributed by atoms with Crippen LogP contribution in [0.3, 0.4) is 0 Å². The molecule has 2 N–H and O–H groups in total. The van der Waals surface area contributed by atoms with Crippen LogP contribution in [0.5, 0.6) is 0 Å². The largest absolute Gasteiger partial charge is 0.310 e. The fourth-order valence-corrected chi connectivity index (χ4v) is 3.39. The van der Waals surface area contributed by atoms with E-state index >= 15 is 0 Å². The molecule has 0 saturated carbocycles. The molecule has 4 nitrogen and oxygen atoms in total. The third kappa shape index (κ3) is 4.43. The lowest BCUT2D eigenvalue weighted by Gasteiger charge is -2.33. The van der Waals surface area contributed by atoms with Crippen molar-refractivity contribution >= 4 is 0 Å². The molecule has 1 saturated heterocycles. The van der Waals surface area contributed by atoms with Crippen molar-refractivity contribution in [3.63, 3.8) is 0 Å². The Morgan fingerprint density at radius 3 is 2.65 bits per heavy atom. The van der Waals surface area contributed by atoms with Gasteiger partial charge in [0.2, 0.25) is 0 Å². The molecule has 0 unspecified atom stereocenters. The molecular weight excluding hydrogens is 284 g/mol. The van der Waals surface area contributed by atoms with E-state index < -0.39 is 0 Å². The van der Waals surface area contributed by atoms with E-state index in [1.54, 1.807) is 0 Å². The minimum atomic E-state index is 0.622. The van der Waals surface area contributed by atoms with Gasteiger partial charge in [-0.3, -0.25) is 5.10 Å². The molecule has 1 aromatic heterocycles. The van der Waals surface area contributed by atoms with E-state index in [2.05, 4.69) is 58.5 Å². The summed E-state index contributed by atoms with van der Waals surface area (Å²) in [5.41, 5.74) is 3.59. The predicted molar refractivity (Wildman–Crippen MR) is 95.2 cm³/mol. The minimum Gasteiger partial charge on any atom is -0.310 e. The first-order valence-corrected chi connectivity index (χ1v) is 8.76. The molecule has 1 aliphatic heterocycles. The van der Waals surface area contributed by atoms with E-state index in [-0.39, 0.29) is 0 Å². The standard InChI is InChI=1S/C19H28N4/c1-15(2)14-23-10-8-18(9-11-23)20-12-17-13-21-22-19(17)16-6-4-3-5-7-16/h3-7,13,15,18,20H,8-12,14H2,1-2H3,(H,21,22). The van der Waals surface area contributed by atoms with Crippen LogP contribution in [0, 0.1) is 5.92 Å². The first-order valence-electron chi connectivity index (χ1n) is 8.76. The Labute approximate surface area is 139 Å². The van der Waals surface area contributed by atoms with Crippen molar-refractivity contribution in [2.24, 2.45) is 5.92 Å². The highest BCUT2D eigenvalue weighted by atomic mass is 15.1. The number of hydrogen-bond donors (Lipinski definition) is 2. The van der Waals surface area contributed by atoms with Crippen molar-refractivity contribution < 1.29 is 0 Å². The molecule has 124 valence electrons. The van der Waals surface area contributed by atoms with Gasteiger partial charge in [-0.2, -0.15) is 5.10 Å².